The Bertz CT molecular complexity index is 981. The van der Waals surface area contributed by atoms with Crippen LogP contribution < -0.4 is 0 Å². The highest BCUT2D eigenvalue weighted by atomic mass is 19.1. The van der Waals surface area contributed by atoms with Crippen molar-refractivity contribution in [2.75, 3.05) is 6.54 Å². The molecule has 148 valence electrons. The molecule has 0 atom stereocenters. The molecule has 6 heteroatoms. The number of hydrogen-bond acceptors (Lipinski definition) is 2. The van der Waals surface area contributed by atoms with Crippen LogP contribution in [0.1, 0.15) is 43.4 Å². The number of nitrogens with zero attached hydrogens (tertiary/aromatic N) is 3. The van der Waals surface area contributed by atoms with Crippen molar-refractivity contribution in [2.24, 2.45) is 5.92 Å². The van der Waals surface area contributed by atoms with Gasteiger partial charge in [-0.15, -0.1) is 0 Å². The van der Waals surface area contributed by atoms with E-state index >= 15 is 0 Å². The molecule has 3 rings (SSSR count). The SMILES string of the molecule is CCCn1c(CN(CC(C)C)C(=O)c2cccc(F)c2)nc2ccc(F)cc21. The zero-order valence-electron chi connectivity index (χ0n) is 16.5. The maximum atomic E-state index is 13.7. The quantitative estimate of drug-likeness (QED) is 0.573. The minimum absolute atomic E-state index is 0.235. The molecule has 0 saturated carbocycles. The highest BCUT2D eigenvalue weighted by Gasteiger charge is 2.21. The summed E-state index contributed by atoms with van der Waals surface area (Å²) in [5, 5.41) is 0. The van der Waals surface area contributed by atoms with E-state index in [9.17, 15) is 13.6 Å². The lowest BCUT2D eigenvalue weighted by atomic mass is 10.1. The molecule has 0 saturated heterocycles. The van der Waals surface area contributed by atoms with E-state index in [0.29, 0.717) is 30.0 Å². The van der Waals surface area contributed by atoms with E-state index in [0.717, 1.165) is 11.9 Å². The van der Waals surface area contributed by atoms with E-state index in [2.05, 4.69) is 4.98 Å². The number of hydrogen-bond donors (Lipinski definition) is 0. The molecule has 0 spiro atoms. The Hall–Kier alpha value is -2.76. The van der Waals surface area contributed by atoms with Crippen molar-refractivity contribution in [3.05, 3.63) is 65.5 Å². The standard InChI is InChI=1S/C22H25F2N3O/c1-4-10-27-20-12-18(24)8-9-19(20)25-21(27)14-26(13-15(2)3)22(28)16-6-5-7-17(23)11-16/h5-9,11-12,15H,4,10,13-14H2,1-3H3. The summed E-state index contributed by atoms with van der Waals surface area (Å²) in [7, 11) is 0. The molecule has 0 aliphatic rings. The molecule has 0 unspecified atom stereocenters. The average Bonchev–Trinajstić information content (AvgIpc) is 2.97. The van der Waals surface area contributed by atoms with Gasteiger partial charge in [-0.2, -0.15) is 0 Å². The predicted octanol–water partition coefficient (Wildman–Crippen LogP) is 5.02. The largest absolute Gasteiger partial charge is 0.331 e. The van der Waals surface area contributed by atoms with Crippen LogP contribution in [-0.4, -0.2) is 26.9 Å². The predicted molar refractivity (Wildman–Crippen MR) is 106 cm³/mol. The highest BCUT2D eigenvalue weighted by Crippen LogP contribution is 2.21. The normalized spacial score (nSPS) is 11.4. The fourth-order valence-electron chi connectivity index (χ4n) is 3.37. The number of halogens is 2. The molecule has 1 heterocycles. The lowest BCUT2D eigenvalue weighted by Gasteiger charge is -2.25. The maximum absolute atomic E-state index is 13.7. The molecule has 3 aromatic rings. The van der Waals surface area contributed by atoms with Crippen LogP contribution in [0.15, 0.2) is 42.5 Å². The smallest absolute Gasteiger partial charge is 0.254 e. The van der Waals surface area contributed by atoms with Gasteiger partial charge >= 0.3 is 0 Å². The van der Waals surface area contributed by atoms with Crippen molar-refractivity contribution >= 4 is 16.9 Å². The van der Waals surface area contributed by atoms with Crippen LogP contribution in [0.3, 0.4) is 0 Å². The number of aromatic nitrogens is 2. The third-order valence-corrected chi connectivity index (χ3v) is 4.51. The average molecular weight is 385 g/mol. The van der Waals surface area contributed by atoms with Gasteiger partial charge < -0.3 is 9.47 Å². The van der Waals surface area contributed by atoms with Crippen LogP contribution >= 0.6 is 0 Å². The Kier molecular flexibility index (Phi) is 6.07. The lowest BCUT2D eigenvalue weighted by Crippen LogP contribution is -2.34. The fraction of sp³-hybridized carbons (Fsp3) is 0.364. The summed E-state index contributed by atoms with van der Waals surface area (Å²) in [6.45, 7) is 7.56. The zero-order valence-corrected chi connectivity index (χ0v) is 16.5. The molecule has 0 aliphatic heterocycles. The van der Waals surface area contributed by atoms with Gasteiger partial charge in [-0.25, -0.2) is 13.8 Å². The van der Waals surface area contributed by atoms with Gasteiger partial charge in [0.15, 0.2) is 0 Å². The third-order valence-electron chi connectivity index (χ3n) is 4.51. The molecule has 0 N–H and O–H groups in total. The molecule has 28 heavy (non-hydrogen) atoms. The molecule has 1 aromatic heterocycles. The van der Waals surface area contributed by atoms with Gasteiger partial charge in [0, 0.05) is 18.7 Å². The molecule has 2 aromatic carbocycles. The van der Waals surface area contributed by atoms with Gasteiger partial charge in [-0.3, -0.25) is 4.79 Å². The highest BCUT2D eigenvalue weighted by molar-refractivity contribution is 5.94. The van der Waals surface area contributed by atoms with Crippen LogP contribution in [0.2, 0.25) is 0 Å². The van der Waals surface area contributed by atoms with E-state index in [1.165, 1.54) is 30.3 Å². The summed E-state index contributed by atoms with van der Waals surface area (Å²) < 4.78 is 29.3. The van der Waals surface area contributed by atoms with Crippen molar-refractivity contribution in [1.82, 2.24) is 14.5 Å². The summed E-state index contributed by atoms with van der Waals surface area (Å²) in [4.78, 5) is 19.4. The van der Waals surface area contributed by atoms with E-state index < -0.39 is 5.82 Å². The lowest BCUT2D eigenvalue weighted by molar-refractivity contribution is 0.0715. The molecule has 1 amide bonds. The first kappa shape index (κ1) is 20.0. The number of benzene rings is 2. The van der Waals surface area contributed by atoms with Gasteiger partial charge in [0.1, 0.15) is 17.5 Å². The van der Waals surface area contributed by atoms with Crippen molar-refractivity contribution in [3.63, 3.8) is 0 Å². The topological polar surface area (TPSA) is 38.1 Å². The van der Waals surface area contributed by atoms with Crippen molar-refractivity contribution in [1.29, 1.82) is 0 Å². The van der Waals surface area contributed by atoms with E-state index in [1.54, 1.807) is 17.0 Å². The number of aryl methyl sites for hydroxylation is 1. The first-order valence-corrected chi connectivity index (χ1v) is 9.58. The number of rotatable bonds is 7. The van der Waals surface area contributed by atoms with Crippen LogP contribution in [0.5, 0.6) is 0 Å². The van der Waals surface area contributed by atoms with Crippen LogP contribution in [-0.2, 0) is 13.1 Å². The second-order valence-electron chi connectivity index (χ2n) is 7.40. The first-order chi connectivity index (χ1) is 13.4. The Morgan fingerprint density at radius 1 is 1.14 bits per heavy atom. The molecule has 0 fully saturated rings. The Morgan fingerprint density at radius 2 is 1.89 bits per heavy atom. The van der Waals surface area contributed by atoms with Crippen molar-refractivity contribution < 1.29 is 13.6 Å². The van der Waals surface area contributed by atoms with Gasteiger partial charge in [0.05, 0.1) is 17.6 Å². The fourth-order valence-corrected chi connectivity index (χ4v) is 3.37. The summed E-state index contributed by atoms with van der Waals surface area (Å²) in [5.74, 6) is -0.0588. The second-order valence-corrected chi connectivity index (χ2v) is 7.40. The first-order valence-electron chi connectivity index (χ1n) is 9.58. The maximum Gasteiger partial charge on any atom is 0.254 e. The van der Waals surface area contributed by atoms with Gasteiger partial charge in [-0.05, 0) is 48.7 Å². The molecular weight excluding hydrogens is 360 g/mol. The minimum Gasteiger partial charge on any atom is -0.331 e. The summed E-state index contributed by atoms with van der Waals surface area (Å²) in [6, 6.07) is 10.2. The summed E-state index contributed by atoms with van der Waals surface area (Å²) in [5.41, 5.74) is 1.73. The van der Waals surface area contributed by atoms with Crippen LogP contribution in [0, 0.1) is 17.6 Å². The van der Waals surface area contributed by atoms with Gasteiger partial charge in [0.2, 0.25) is 0 Å². The monoisotopic (exact) mass is 385 g/mol. The minimum atomic E-state index is -0.441. The number of amides is 1. The van der Waals surface area contributed by atoms with Crippen molar-refractivity contribution in [2.45, 2.75) is 40.3 Å². The number of imidazole rings is 1. The van der Waals surface area contributed by atoms with E-state index in [-0.39, 0.29) is 24.2 Å². The van der Waals surface area contributed by atoms with E-state index in [1.807, 2.05) is 25.3 Å². The molecule has 4 nitrogen and oxygen atoms in total. The zero-order chi connectivity index (χ0) is 20.3. The molecular formula is C22H25F2N3O. The molecule has 0 aliphatic carbocycles. The van der Waals surface area contributed by atoms with Gasteiger partial charge in [0.25, 0.3) is 5.91 Å². The Morgan fingerprint density at radius 3 is 2.57 bits per heavy atom. The second kappa shape index (κ2) is 8.50. The number of carbonyl (C=O) groups excluding carboxylic acids is 1. The van der Waals surface area contributed by atoms with Crippen LogP contribution in [0.25, 0.3) is 11.0 Å². The number of carbonyl (C=O) groups is 1. The third kappa shape index (κ3) is 4.38. The molecule has 0 radical (unpaired) electrons. The Balaban J connectivity index is 1.98. The Labute approximate surface area is 163 Å². The summed E-state index contributed by atoms with van der Waals surface area (Å²) in [6.07, 6.45) is 0.858. The van der Waals surface area contributed by atoms with Crippen molar-refractivity contribution in [3.8, 4) is 0 Å². The van der Waals surface area contributed by atoms with Gasteiger partial charge in [-0.1, -0.05) is 26.8 Å². The molecule has 0 bridgehead atoms. The summed E-state index contributed by atoms with van der Waals surface area (Å²) >= 11 is 0. The number of fused-ring (bicyclic) bond motifs is 1. The van der Waals surface area contributed by atoms with Crippen LogP contribution in [0.4, 0.5) is 8.78 Å². The van der Waals surface area contributed by atoms with E-state index in [4.69, 9.17) is 0 Å².